The number of aliphatic hydroxyl groups is 1. The van der Waals surface area contributed by atoms with E-state index in [0.717, 1.165) is 41.3 Å². The van der Waals surface area contributed by atoms with E-state index in [1.54, 1.807) is 0 Å². The molecule has 1 aliphatic rings. The van der Waals surface area contributed by atoms with Gasteiger partial charge in [-0.1, -0.05) is 12.1 Å². The van der Waals surface area contributed by atoms with Crippen LogP contribution in [0.2, 0.25) is 0 Å². The Morgan fingerprint density at radius 3 is 3.06 bits per heavy atom. The first kappa shape index (κ1) is 10.5. The van der Waals surface area contributed by atoms with E-state index in [0.29, 0.717) is 5.58 Å². The predicted octanol–water partition coefficient (Wildman–Crippen LogP) is 2.47. The van der Waals surface area contributed by atoms with E-state index in [-0.39, 0.29) is 5.63 Å². The molecule has 0 saturated carbocycles. The molecule has 1 heterocycles. The summed E-state index contributed by atoms with van der Waals surface area (Å²) in [6, 6.07) is 5.39. The number of aryl methyl sites for hydroxylation is 2. The lowest BCUT2D eigenvalue weighted by molar-refractivity contribution is 0.156. The first-order valence-electron chi connectivity index (χ1n) is 5.91. The van der Waals surface area contributed by atoms with Gasteiger partial charge in [0, 0.05) is 17.0 Å². The third-order valence-corrected chi connectivity index (χ3v) is 3.52. The van der Waals surface area contributed by atoms with Crippen LogP contribution >= 0.6 is 0 Å². The van der Waals surface area contributed by atoms with Crippen molar-refractivity contribution in [2.24, 2.45) is 0 Å². The molecule has 0 spiro atoms. The van der Waals surface area contributed by atoms with E-state index in [2.05, 4.69) is 0 Å². The van der Waals surface area contributed by atoms with E-state index >= 15 is 0 Å². The molecule has 0 fully saturated rings. The molecule has 88 valence electrons. The summed E-state index contributed by atoms with van der Waals surface area (Å²) in [5.74, 6) is 0. The smallest absolute Gasteiger partial charge is 0.336 e. The molecule has 2 aromatic rings. The van der Waals surface area contributed by atoms with Crippen molar-refractivity contribution in [2.45, 2.75) is 32.3 Å². The fraction of sp³-hybridized carbons (Fsp3) is 0.357. The van der Waals surface area contributed by atoms with Crippen molar-refractivity contribution in [3.63, 3.8) is 0 Å². The van der Waals surface area contributed by atoms with Crippen LogP contribution in [0.5, 0.6) is 0 Å². The molecule has 0 bridgehead atoms. The number of hydrogen-bond acceptors (Lipinski definition) is 3. The lowest BCUT2D eigenvalue weighted by atomic mass is 9.87. The molecule has 0 amide bonds. The van der Waals surface area contributed by atoms with Gasteiger partial charge in [0.1, 0.15) is 5.58 Å². The fourth-order valence-electron chi connectivity index (χ4n) is 2.65. The van der Waals surface area contributed by atoms with Gasteiger partial charge in [-0.05, 0) is 37.3 Å². The maximum Gasteiger partial charge on any atom is 0.336 e. The van der Waals surface area contributed by atoms with Gasteiger partial charge in [-0.3, -0.25) is 0 Å². The van der Waals surface area contributed by atoms with Crippen LogP contribution in [0.15, 0.2) is 27.4 Å². The summed E-state index contributed by atoms with van der Waals surface area (Å²) < 4.78 is 5.32. The van der Waals surface area contributed by atoms with Gasteiger partial charge >= 0.3 is 5.63 Å². The van der Waals surface area contributed by atoms with Crippen LogP contribution in [0.3, 0.4) is 0 Å². The first-order chi connectivity index (χ1) is 8.16. The average molecular weight is 230 g/mol. The van der Waals surface area contributed by atoms with Gasteiger partial charge in [-0.2, -0.15) is 0 Å². The molecule has 1 aromatic carbocycles. The fourth-order valence-corrected chi connectivity index (χ4v) is 2.65. The maximum absolute atomic E-state index is 11.4. The zero-order chi connectivity index (χ0) is 12.0. The molecule has 17 heavy (non-hydrogen) atoms. The molecule has 3 heteroatoms. The maximum atomic E-state index is 11.4. The molecular weight excluding hydrogens is 216 g/mol. The Morgan fingerprint density at radius 2 is 2.24 bits per heavy atom. The van der Waals surface area contributed by atoms with Crippen LogP contribution < -0.4 is 5.63 Å². The summed E-state index contributed by atoms with van der Waals surface area (Å²) >= 11 is 0. The van der Waals surface area contributed by atoms with Gasteiger partial charge in [0.05, 0.1) is 6.10 Å². The van der Waals surface area contributed by atoms with Gasteiger partial charge < -0.3 is 9.52 Å². The van der Waals surface area contributed by atoms with Crippen molar-refractivity contribution in [1.29, 1.82) is 0 Å². The molecule has 3 nitrogen and oxygen atoms in total. The van der Waals surface area contributed by atoms with Gasteiger partial charge in [0.2, 0.25) is 0 Å². The number of fused-ring (bicyclic) bond motifs is 3. The van der Waals surface area contributed by atoms with Gasteiger partial charge in [-0.25, -0.2) is 4.79 Å². The monoisotopic (exact) mass is 230 g/mol. The molecule has 1 atom stereocenters. The second kappa shape index (κ2) is 3.70. The van der Waals surface area contributed by atoms with Crippen LogP contribution in [-0.2, 0) is 6.42 Å². The Balaban J connectivity index is 2.41. The predicted molar refractivity (Wildman–Crippen MR) is 65.1 cm³/mol. The van der Waals surface area contributed by atoms with Crippen LogP contribution in [0.25, 0.3) is 11.0 Å². The number of hydrogen-bond donors (Lipinski definition) is 1. The summed E-state index contributed by atoms with van der Waals surface area (Å²) in [7, 11) is 0. The van der Waals surface area contributed by atoms with Crippen LogP contribution in [0, 0.1) is 6.92 Å². The highest BCUT2D eigenvalue weighted by molar-refractivity contribution is 5.84. The lowest BCUT2D eigenvalue weighted by Gasteiger charge is -2.22. The Kier molecular flexibility index (Phi) is 2.30. The summed E-state index contributed by atoms with van der Waals surface area (Å²) in [4.78, 5) is 11.4. The van der Waals surface area contributed by atoms with Crippen molar-refractivity contribution in [3.05, 3.63) is 45.3 Å². The van der Waals surface area contributed by atoms with Crippen molar-refractivity contribution >= 4 is 11.0 Å². The topological polar surface area (TPSA) is 50.4 Å². The molecular formula is C14H14O3. The minimum absolute atomic E-state index is 0.316. The standard InChI is InChI=1S/C14H14O3/c1-8-7-13(16)17-14-9(8)5-6-10-11(14)3-2-4-12(10)15/h5-7,12,15H,2-4H2,1H3. The van der Waals surface area contributed by atoms with Gasteiger partial charge in [0.15, 0.2) is 0 Å². The molecule has 1 N–H and O–H groups in total. The third-order valence-electron chi connectivity index (χ3n) is 3.52. The van der Waals surface area contributed by atoms with Crippen molar-refractivity contribution in [1.82, 2.24) is 0 Å². The van der Waals surface area contributed by atoms with E-state index in [1.807, 2.05) is 19.1 Å². The van der Waals surface area contributed by atoms with Crippen LogP contribution in [0.4, 0.5) is 0 Å². The molecule has 1 aromatic heterocycles. The highest BCUT2D eigenvalue weighted by Gasteiger charge is 2.21. The molecule has 3 rings (SSSR count). The summed E-state index contributed by atoms with van der Waals surface area (Å²) in [6.45, 7) is 1.91. The minimum atomic E-state index is -0.422. The summed E-state index contributed by atoms with van der Waals surface area (Å²) in [6.07, 6.45) is 2.17. The SMILES string of the molecule is Cc1cc(=O)oc2c3c(ccc12)C(O)CCC3. The largest absolute Gasteiger partial charge is 0.422 e. The third kappa shape index (κ3) is 1.58. The van der Waals surface area contributed by atoms with Gasteiger partial charge in [-0.15, -0.1) is 0 Å². The van der Waals surface area contributed by atoms with Crippen molar-refractivity contribution in [2.75, 3.05) is 0 Å². The molecule has 0 aliphatic heterocycles. The molecule has 0 saturated heterocycles. The number of rotatable bonds is 0. The Morgan fingerprint density at radius 1 is 1.41 bits per heavy atom. The highest BCUT2D eigenvalue weighted by atomic mass is 16.4. The highest BCUT2D eigenvalue weighted by Crippen LogP contribution is 2.34. The number of aliphatic hydroxyl groups excluding tert-OH is 1. The Bertz CT molecular complexity index is 640. The zero-order valence-corrected chi connectivity index (χ0v) is 9.69. The van der Waals surface area contributed by atoms with Crippen LogP contribution in [0.1, 0.15) is 35.6 Å². The molecule has 1 unspecified atom stereocenters. The quantitative estimate of drug-likeness (QED) is 0.707. The lowest BCUT2D eigenvalue weighted by Crippen LogP contribution is -2.11. The van der Waals surface area contributed by atoms with Crippen molar-refractivity contribution in [3.8, 4) is 0 Å². The normalized spacial score (nSPS) is 19.3. The van der Waals surface area contributed by atoms with E-state index in [4.69, 9.17) is 4.42 Å². The summed E-state index contributed by atoms with van der Waals surface area (Å²) in [5.41, 5.74) is 3.19. The Labute approximate surface area is 98.7 Å². The zero-order valence-electron chi connectivity index (χ0n) is 9.69. The Hall–Kier alpha value is -1.61. The van der Waals surface area contributed by atoms with E-state index < -0.39 is 6.10 Å². The van der Waals surface area contributed by atoms with E-state index in [1.165, 1.54) is 6.07 Å². The molecule has 1 aliphatic carbocycles. The average Bonchev–Trinajstić information content (AvgIpc) is 2.29. The van der Waals surface area contributed by atoms with E-state index in [9.17, 15) is 9.90 Å². The number of benzene rings is 1. The first-order valence-corrected chi connectivity index (χ1v) is 5.91. The molecule has 0 radical (unpaired) electrons. The van der Waals surface area contributed by atoms with Gasteiger partial charge in [0.25, 0.3) is 0 Å². The van der Waals surface area contributed by atoms with Crippen molar-refractivity contribution < 1.29 is 9.52 Å². The summed E-state index contributed by atoms with van der Waals surface area (Å²) in [5, 5.41) is 10.9. The second-order valence-corrected chi connectivity index (χ2v) is 4.67. The van der Waals surface area contributed by atoms with Crippen LogP contribution in [-0.4, -0.2) is 5.11 Å². The second-order valence-electron chi connectivity index (χ2n) is 4.67. The minimum Gasteiger partial charge on any atom is -0.422 e.